The summed E-state index contributed by atoms with van der Waals surface area (Å²) >= 11 is 0. The molecule has 0 atom stereocenters. The molecular weight excluding hydrogens is 582 g/mol. The van der Waals surface area contributed by atoms with E-state index in [0.717, 1.165) is 33.6 Å². The minimum atomic E-state index is -0.456. The molecule has 2 aliphatic carbocycles. The lowest BCUT2D eigenvalue weighted by Gasteiger charge is -2.30. The van der Waals surface area contributed by atoms with Gasteiger partial charge in [-0.05, 0) is 106 Å². The van der Waals surface area contributed by atoms with E-state index in [-0.39, 0.29) is 11.6 Å². The molecule has 7 aromatic rings. The van der Waals surface area contributed by atoms with E-state index in [1.54, 1.807) is 18.2 Å². The number of aryl methyl sites for hydroxylation is 2. The zero-order chi connectivity index (χ0) is 31.9. The lowest BCUT2D eigenvalue weighted by atomic mass is 9.70. The van der Waals surface area contributed by atoms with Gasteiger partial charge in [-0.15, -0.1) is 0 Å². The Kier molecular flexibility index (Phi) is 5.94. The van der Waals surface area contributed by atoms with Crippen molar-refractivity contribution in [3.63, 3.8) is 0 Å². The number of halogens is 2. The number of benzene rings is 6. The summed E-state index contributed by atoms with van der Waals surface area (Å²) in [5.41, 5.74) is 15.4. The maximum absolute atomic E-state index is 14.2. The third kappa shape index (κ3) is 3.88. The Labute approximate surface area is 272 Å². The molecule has 1 spiro atoms. The van der Waals surface area contributed by atoms with Crippen LogP contribution in [0.15, 0.2) is 140 Å². The highest BCUT2D eigenvalue weighted by Gasteiger charge is 2.51. The van der Waals surface area contributed by atoms with Crippen molar-refractivity contribution in [2.75, 3.05) is 0 Å². The number of fused-ring (bicyclic) bond motifs is 10. The summed E-state index contributed by atoms with van der Waals surface area (Å²) in [5, 5.41) is 0. The third-order valence-corrected chi connectivity index (χ3v) is 9.98. The standard InChI is InChI=1S/C43H29F2N2/c1-26-23-30(45)20-22-31(26)42-41(27-15-18-29(44)19-16-27)46-40(25-47(42)2)28-17-21-35-34-11-5-8-14-38(34)43(39(35)24-28)36-12-6-3-9-32(36)33-10-4-7-13-37(33)43/h3-25H,1-2H3/q+1. The molecule has 0 saturated heterocycles. The fraction of sp³-hybridized carbons (Fsp3) is 0.0698. The SMILES string of the molecule is Cc1cc(F)ccc1-c1c(-c2ccc(F)cc2)nc(-c2ccc3c(c2)C2(c4ccccc4-c4ccccc42)c2ccccc2-3)c[n+]1C. The second-order valence-corrected chi connectivity index (χ2v) is 12.5. The zero-order valence-corrected chi connectivity index (χ0v) is 25.9. The Morgan fingerprint density at radius 1 is 0.532 bits per heavy atom. The van der Waals surface area contributed by atoms with Crippen molar-refractivity contribution in [1.29, 1.82) is 0 Å². The van der Waals surface area contributed by atoms with Gasteiger partial charge in [-0.1, -0.05) is 84.9 Å². The van der Waals surface area contributed by atoms with Gasteiger partial charge in [0.05, 0.1) is 11.0 Å². The highest BCUT2D eigenvalue weighted by atomic mass is 19.1. The first-order valence-electron chi connectivity index (χ1n) is 15.8. The summed E-state index contributed by atoms with van der Waals surface area (Å²) in [6.45, 7) is 1.90. The van der Waals surface area contributed by atoms with Gasteiger partial charge in [-0.25, -0.2) is 13.8 Å². The van der Waals surface area contributed by atoms with Crippen LogP contribution in [0.25, 0.3) is 56.0 Å². The molecule has 2 aliphatic rings. The highest BCUT2D eigenvalue weighted by Crippen LogP contribution is 2.62. The summed E-state index contributed by atoms with van der Waals surface area (Å²) < 4.78 is 30.3. The normalized spacial score (nSPS) is 13.3. The van der Waals surface area contributed by atoms with Crippen LogP contribution in [0, 0.1) is 18.6 Å². The van der Waals surface area contributed by atoms with Crippen molar-refractivity contribution in [2.24, 2.45) is 7.05 Å². The van der Waals surface area contributed by atoms with Crippen molar-refractivity contribution < 1.29 is 13.3 Å². The van der Waals surface area contributed by atoms with Crippen LogP contribution < -0.4 is 4.57 Å². The van der Waals surface area contributed by atoms with Gasteiger partial charge in [0, 0.05) is 11.1 Å². The molecule has 0 amide bonds. The van der Waals surface area contributed by atoms with E-state index >= 15 is 0 Å². The van der Waals surface area contributed by atoms with Gasteiger partial charge in [0.25, 0.3) is 0 Å². The van der Waals surface area contributed by atoms with E-state index in [4.69, 9.17) is 4.98 Å². The zero-order valence-electron chi connectivity index (χ0n) is 25.9. The molecule has 0 bridgehead atoms. The fourth-order valence-corrected chi connectivity index (χ4v) is 8.03. The lowest BCUT2D eigenvalue weighted by Crippen LogP contribution is -2.33. The molecule has 1 aromatic heterocycles. The lowest BCUT2D eigenvalue weighted by molar-refractivity contribution is -0.659. The van der Waals surface area contributed by atoms with Crippen molar-refractivity contribution in [1.82, 2.24) is 4.98 Å². The first-order chi connectivity index (χ1) is 22.9. The largest absolute Gasteiger partial charge is 0.239 e. The van der Waals surface area contributed by atoms with Crippen molar-refractivity contribution >= 4 is 0 Å². The van der Waals surface area contributed by atoms with Gasteiger partial charge in [-0.3, -0.25) is 0 Å². The van der Waals surface area contributed by atoms with Gasteiger partial charge < -0.3 is 0 Å². The summed E-state index contributed by atoms with van der Waals surface area (Å²) in [6.07, 6.45) is 2.04. The van der Waals surface area contributed by atoms with Gasteiger partial charge in [0.2, 0.25) is 5.69 Å². The number of rotatable bonds is 3. The maximum atomic E-state index is 14.2. The summed E-state index contributed by atoms with van der Waals surface area (Å²) in [6, 6.07) is 44.2. The monoisotopic (exact) mass is 611 g/mol. The van der Waals surface area contributed by atoms with Crippen molar-refractivity contribution in [3.8, 4) is 56.0 Å². The Hall–Kier alpha value is -5.74. The Bertz CT molecular complexity index is 2340. The molecule has 0 N–H and O–H groups in total. The van der Waals surface area contributed by atoms with Crippen LogP contribution in [-0.4, -0.2) is 4.98 Å². The highest BCUT2D eigenvalue weighted by molar-refractivity contribution is 5.95. The van der Waals surface area contributed by atoms with Crippen molar-refractivity contribution in [2.45, 2.75) is 12.3 Å². The van der Waals surface area contributed by atoms with E-state index in [1.807, 2.05) is 20.2 Å². The topological polar surface area (TPSA) is 16.8 Å². The maximum Gasteiger partial charge on any atom is 0.239 e. The van der Waals surface area contributed by atoms with Gasteiger partial charge in [0.1, 0.15) is 30.1 Å². The predicted molar refractivity (Wildman–Crippen MR) is 183 cm³/mol. The molecule has 6 aromatic carbocycles. The molecule has 0 saturated carbocycles. The van der Waals surface area contributed by atoms with E-state index in [2.05, 4.69) is 95.6 Å². The number of aromatic nitrogens is 2. The molecule has 2 nitrogen and oxygen atoms in total. The first-order valence-corrected chi connectivity index (χ1v) is 15.8. The molecule has 0 fully saturated rings. The molecule has 224 valence electrons. The summed E-state index contributed by atoms with van der Waals surface area (Å²) in [7, 11) is 1.99. The van der Waals surface area contributed by atoms with Crippen LogP contribution in [0.4, 0.5) is 8.78 Å². The smallest absolute Gasteiger partial charge is 0.234 e. The average Bonchev–Trinajstić information content (AvgIpc) is 3.56. The molecule has 9 rings (SSSR count). The predicted octanol–water partition coefficient (Wildman–Crippen LogP) is 9.84. The van der Waals surface area contributed by atoms with E-state index in [1.165, 1.54) is 68.8 Å². The molecule has 1 heterocycles. The quantitative estimate of drug-likeness (QED) is 0.182. The number of hydrogen-bond donors (Lipinski definition) is 0. The van der Waals surface area contributed by atoms with E-state index < -0.39 is 5.41 Å². The van der Waals surface area contributed by atoms with E-state index in [9.17, 15) is 8.78 Å². The summed E-state index contributed by atoms with van der Waals surface area (Å²) in [5.74, 6) is -0.598. The average molecular weight is 612 g/mol. The molecule has 0 radical (unpaired) electrons. The molecular formula is C43H29F2N2+. The second kappa shape index (κ2) is 10.1. The van der Waals surface area contributed by atoms with Gasteiger partial charge in [0.15, 0.2) is 6.20 Å². The number of hydrogen-bond acceptors (Lipinski definition) is 1. The van der Waals surface area contributed by atoms with Gasteiger partial charge in [-0.2, -0.15) is 4.57 Å². The second-order valence-electron chi connectivity index (χ2n) is 12.5. The number of nitrogens with zero attached hydrogens (tertiary/aromatic N) is 2. The molecule has 47 heavy (non-hydrogen) atoms. The van der Waals surface area contributed by atoms with Crippen LogP contribution in [0.5, 0.6) is 0 Å². The van der Waals surface area contributed by atoms with Crippen LogP contribution in [-0.2, 0) is 12.5 Å². The van der Waals surface area contributed by atoms with Gasteiger partial charge >= 0.3 is 0 Å². The third-order valence-electron chi connectivity index (χ3n) is 9.98. The van der Waals surface area contributed by atoms with Crippen LogP contribution >= 0.6 is 0 Å². The van der Waals surface area contributed by atoms with Crippen LogP contribution in [0.3, 0.4) is 0 Å². The minimum Gasteiger partial charge on any atom is -0.234 e. The molecule has 4 heteroatoms. The Morgan fingerprint density at radius 3 is 1.64 bits per heavy atom. The molecule has 0 unspecified atom stereocenters. The fourth-order valence-electron chi connectivity index (χ4n) is 8.03. The minimum absolute atomic E-state index is 0.287. The first kappa shape index (κ1) is 27.6. The summed E-state index contributed by atoms with van der Waals surface area (Å²) in [4.78, 5) is 5.28. The molecule has 0 aliphatic heterocycles. The van der Waals surface area contributed by atoms with Crippen LogP contribution in [0.1, 0.15) is 27.8 Å². The Morgan fingerprint density at radius 2 is 1.04 bits per heavy atom. The van der Waals surface area contributed by atoms with E-state index in [0.29, 0.717) is 5.69 Å². The van der Waals surface area contributed by atoms with Crippen LogP contribution in [0.2, 0.25) is 0 Å². The van der Waals surface area contributed by atoms with Crippen molar-refractivity contribution in [3.05, 3.63) is 179 Å². The Balaban J connectivity index is 1.31.